The highest BCUT2D eigenvalue weighted by Gasteiger charge is 2.16. The summed E-state index contributed by atoms with van der Waals surface area (Å²) in [5.74, 6) is -0.176. The van der Waals surface area contributed by atoms with Gasteiger partial charge in [-0.25, -0.2) is 8.78 Å². The van der Waals surface area contributed by atoms with Gasteiger partial charge >= 0.3 is 0 Å². The molecule has 0 aliphatic carbocycles. The number of amides is 1. The van der Waals surface area contributed by atoms with Crippen molar-refractivity contribution >= 4 is 5.91 Å². The Morgan fingerprint density at radius 3 is 2.59 bits per heavy atom. The molecule has 0 atom stereocenters. The molecule has 98 valence electrons. The number of nitriles is 1. The Hall–Kier alpha value is -1.22. The second kappa shape index (κ2) is 8.88. The molecule has 0 saturated carbocycles. The lowest BCUT2D eigenvalue weighted by atomic mass is 10.2. The summed E-state index contributed by atoms with van der Waals surface area (Å²) in [5, 5.41) is 8.46. The van der Waals surface area contributed by atoms with Gasteiger partial charge in [0.05, 0.1) is 25.5 Å². The molecule has 0 fully saturated rings. The molecule has 0 unspecified atom stereocenters. The molecule has 0 aromatic carbocycles. The second-order valence-corrected chi connectivity index (χ2v) is 3.80. The first-order chi connectivity index (χ1) is 7.99. The van der Waals surface area contributed by atoms with Gasteiger partial charge in [-0.1, -0.05) is 0 Å². The number of alkyl halides is 2. The third-order valence-corrected chi connectivity index (χ3v) is 2.11. The fourth-order valence-corrected chi connectivity index (χ4v) is 1.32. The minimum absolute atomic E-state index is 0.00838. The normalized spacial score (nSPS) is 10.6. The van der Waals surface area contributed by atoms with Crippen LogP contribution in [0, 0.1) is 11.3 Å². The second-order valence-electron chi connectivity index (χ2n) is 3.80. The molecule has 0 aliphatic rings. The van der Waals surface area contributed by atoms with Gasteiger partial charge in [0.2, 0.25) is 5.91 Å². The highest BCUT2D eigenvalue weighted by Crippen LogP contribution is 2.04. The maximum Gasteiger partial charge on any atom is 0.261 e. The van der Waals surface area contributed by atoms with Gasteiger partial charge in [-0.3, -0.25) is 4.79 Å². The van der Waals surface area contributed by atoms with Crippen molar-refractivity contribution in [1.82, 2.24) is 4.90 Å². The summed E-state index contributed by atoms with van der Waals surface area (Å²) < 4.78 is 28.2. The molecule has 4 nitrogen and oxygen atoms in total. The zero-order valence-corrected chi connectivity index (χ0v) is 10.2. The first kappa shape index (κ1) is 15.8. The molecule has 0 spiro atoms. The van der Waals surface area contributed by atoms with E-state index >= 15 is 0 Å². The first-order valence-corrected chi connectivity index (χ1v) is 5.51. The van der Waals surface area contributed by atoms with Crippen LogP contribution >= 0.6 is 0 Å². The average molecular weight is 248 g/mol. The van der Waals surface area contributed by atoms with Crippen LogP contribution in [0.2, 0.25) is 0 Å². The van der Waals surface area contributed by atoms with Crippen LogP contribution in [0.1, 0.15) is 26.7 Å². The number of hydrogen-bond acceptors (Lipinski definition) is 3. The molecule has 17 heavy (non-hydrogen) atoms. The van der Waals surface area contributed by atoms with Gasteiger partial charge in [-0.05, 0) is 13.8 Å². The van der Waals surface area contributed by atoms with Crippen molar-refractivity contribution in [3.05, 3.63) is 0 Å². The summed E-state index contributed by atoms with van der Waals surface area (Å²) in [4.78, 5) is 13.2. The van der Waals surface area contributed by atoms with E-state index in [1.54, 1.807) is 4.90 Å². The van der Waals surface area contributed by atoms with E-state index < -0.39 is 13.0 Å². The lowest BCUT2D eigenvalue weighted by molar-refractivity contribution is -0.134. The van der Waals surface area contributed by atoms with Crippen molar-refractivity contribution in [2.45, 2.75) is 39.2 Å². The van der Waals surface area contributed by atoms with E-state index in [9.17, 15) is 13.6 Å². The highest BCUT2D eigenvalue weighted by molar-refractivity contribution is 5.76. The molecular weight excluding hydrogens is 230 g/mol. The number of halogens is 2. The van der Waals surface area contributed by atoms with E-state index in [1.165, 1.54) is 0 Å². The van der Waals surface area contributed by atoms with E-state index in [0.29, 0.717) is 6.54 Å². The third-order valence-electron chi connectivity index (χ3n) is 2.11. The van der Waals surface area contributed by atoms with Crippen molar-refractivity contribution in [1.29, 1.82) is 5.26 Å². The number of rotatable bonds is 8. The van der Waals surface area contributed by atoms with E-state index in [4.69, 9.17) is 5.26 Å². The summed E-state index contributed by atoms with van der Waals surface area (Å²) in [6.45, 7) is 3.39. The molecular formula is C11H18F2N2O2. The topological polar surface area (TPSA) is 53.3 Å². The SMILES string of the molecule is CC(C)N(CCC#N)C(=O)CCOCC(F)F. The molecule has 0 aromatic rings. The molecule has 0 saturated heterocycles. The average Bonchev–Trinajstić information content (AvgIpc) is 2.24. The van der Waals surface area contributed by atoms with Crippen LogP contribution in [0.25, 0.3) is 0 Å². The third kappa shape index (κ3) is 7.64. The smallest absolute Gasteiger partial charge is 0.261 e. The lowest BCUT2D eigenvalue weighted by Gasteiger charge is -2.25. The van der Waals surface area contributed by atoms with Crippen LogP contribution in [0.5, 0.6) is 0 Å². The minimum Gasteiger partial charge on any atom is -0.375 e. The summed E-state index contributed by atoms with van der Waals surface area (Å²) in [5.41, 5.74) is 0. The van der Waals surface area contributed by atoms with Gasteiger partial charge in [0.25, 0.3) is 6.43 Å². The molecule has 1 amide bonds. The van der Waals surface area contributed by atoms with E-state index in [1.807, 2.05) is 19.9 Å². The molecule has 0 N–H and O–H groups in total. The maximum absolute atomic E-state index is 11.8. The summed E-state index contributed by atoms with van der Waals surface area (Å²) in [6, 6.07) is 1.96. The van der Waals surface area contributed by atoms with Gasteiger partial charge in [0, 0.05) is 12.6 Å². The van der Waals surface area contributed by atoms with Crippen molar-refractivity contribution in [2.75, 3.05) is 19.8 Å². The fourth-order valence-electron chi connectivity index (χ4n) is 1.32. The quantitative estimate of drug-likeness (QED) is 0.615. The predicted molar refractivity (Wildman–Crippen MR) is 58.5 cm³/mol. The Labute approximate surface area is 100 Å². The van der Waals surface area contributed by atoms with Gasteiger partial charge in [-0.2, -0.15) is 5.26 Å². The monoisotopic (exact) mass is 248 g/mol. The number of ether oxygens (including phenoxy) is 1. The standard InChI is InChI=1S/C11H18F2N2O2/c1-9(2)15(6-3-5-14)11(16)4-7-17-8-10(12)13/h9-10H,3-4,6-8H2,1-2H3. The Bertz CT molecular complexity index is 265. The van der Waals surface area contributed by atoms with Gasteiger partial charge in [0.15, 0.2) is 0 Å². The van der Waals surface area contributed by atoms with Crippen LogP contribution in [0.4, 0.5) is 8.78 Å². The Morgan fingerprint density at radius 2 is 2.12 bits per heavy atom. The molecule has 6 heteroatoms. The van der Waals surface area contributed by atoms with Crippen molar-refractivity contribution in [3.63, 3.8) is 0 Å². The van der Waals surface area contributed by atoms with Crippen LogP contribution in [0.3, 0.4) is 0 Å². The largest absolute Gasteiger partial charge is 0.375 e. The zero-order chi connectivity index (χ0) is 13.3. The van der Waals surface area contributed by atoms with Gasteiger partial charge < -0.3 is 9.64 Å². The Morgan fingerprint density at radius 1 is 1.47 bits per heavy atom. The summed E-state index contributed by atoms with van der Waals surface area (Å²) >= 11 is 0. The van der Waals surface area contributed by atoms with E-state index in [2.05, 4.69) is 4.74 Å². The van der Waals surface area contributed by atoms with E-state index in [-0.39, 0.29) is 31.4 Å². The number of hydrogen-bond donors (Lipinski definition) is 0. The number of nitrogens with zero attached hydrogens (tertiary/aromatic N) is 2. The molecule has 0 rings (SSSR count). The maximum atomic E-state index is 11.8. The number of carbonyl (C=O) groups is 1. The fraction of sp³-hybridized carbons (Fsp3) is 0.818. The summed E-state index contributed by atoms with van der Waals surface area (Å²) in [7, 11) is 0. The first-order valence-electron chi connectivity index (χ1n) is 5.51. The summed E-state index contributed by atoms with van der Waals surface area (Å²) in [6.07, 6.45) is -2.18. The van der Waals surface area contributed by atoms with Crippen molar-refractivity contribution in [3.8, 4) is 6.07 Å². The molecule has 0 aromatic heterocycles. The lowest BCUT2D eigenvalue weighted by Crippen LogP contribution is -2.38. The van der Waals surface area contributed by atoms with Gasteiger partial charge in [-0.15, -0.1) is 0 Å². The van der Waals surface area contributed by atoms with Crippen LogP contribution in [-0.4, -0.2) is 43.0 Å². The Balaban J connectivity index is 3.94. The van der Waals surface area contributed by atoms with Crippen LogP contribution < -0.4 is 0 Å². The van der Waals surface area contributed by atoms with Crippen LogP contribution in [0.15, 0.2) is 0 Å². The van der Waals surface area contributed by atoms with Crippen molar-refractivity contribution in [2.24, 2.45) is 0 Å². The minimum atomic E-state index is -2.51. The zero-order valence-electron chi connectivity index (χ0n) is 10.2. The molecule has 0 heterocycles. The Kier molecular flexibility index (Phi) is 8.24. The van der Waals surface area contributed by atoms with Gasteiger partial charge in [0.1, 0.15) is 6.61 Å². The molecule has 0 bridgehead atoms. The highest BCUT2D eigenvalue weighted by atomic mass is 19.3. The predicted octanol–water partition coefficient (Wildman–Crippen LogP) is 1.81. The van der Waals surface area contributed by atoms with Crippen molar-refractivity contribution < 1.29 is 18.3 Å². The van der Waals surface area contributed by atoms with E-state index in [0.717, 1.165) is 0 Å². The molecule has 0 aliphatic heterocycles. The molecule has 0 radical (unpaired) electrons. The van der Waals surface area contributed by atoms with Crippen LogP contribution in [-0.2, 0) is 9.53 Å². The number of carbonyl (C=O) groups excluding carboxylic acids is 1.